The maximum Gasteiger partial charge on any atom is 0.250 e. The van der Waals surface area contributed by atoms with Crippen molar-refractivity contribution in [3.8, 4) is 0 Å². The molecule has 1 fully saturated rings. The lowest BCUT2D eigenvalue weighted by molar-refractivity contribution is 0.372. The number of nitrogens with zero attached hydrogens (tertiary/aromatic N) is 6. The minimum absolute atomic E-state index is 0. The fourth-order valence-corrected chi connectivity index (χ4v) is 4.08. The number of hydrogen-bond acceptors (Lipinski definition) is 6. The number of aryl methyl sites for hydroxylation is 2. The number of aromatic nitrogens is 3. The largest absolute Gasteiger partial charge is 0.357 e. The van der Waals surface area contributed by atoms with Crippen LogP contribution in [0.1, 0.15) is 32.5 Å². The van der Waals surface area contributed by atoms with Gasteiger partial charge >= 0.3 is 0 Å². The Hall–Kier alpha value is -1.69. The second kappa shape index (κ2) is 12.9. The Morgan fingerprint density at radius 1 is 1.20 bits per heavy atom. The molecule has 0 atom stereocenters. The lowest BCUT2D eigenvalue weighted by Crippen LogP contribution is -2.52. The molecule has 0 saturated carbocycles. The van der Waals surface area contributed by atoms with Gasteiger partial charge in [-0.25, -0.2) is 4.98 Å². The van der Waals surface area contributed by atoms with Gasteiger partial charge in [-0.3, -0.25) is 9.79 Å². The van der Waals surface area contributed by atoms with Crippen molar-refractivity contribution in [1.82, 2.24) is 24.1 Å². The molecule has 3 heterocycles. The highest BCUT2D eigenvalue weighted by Gasteiger charge is 2.21. The molecule has 0 spiro atoms. The van der Waals surface area contributed by atoms with Crippen molar-refractivity contribution in [1.29, 1.82) is 0 Å². The van der Waals surface area contributed by atoms with Gasteiger partial charge in [-0.05, 0) is 25.8 Å². The number of piperazine rings is 1. The monoisotopic (exact) mass is 545 g/mol. The standard InChI is InChI=1S/C20H31N7OS.HI/c1-3-17-23-20(29-24-17)27-15-13-26(14-16-27)19(21-4-2)22-10-6-8-12-25-11-7-5-9-18(25)28;/h5,7,9,11H,3-4,6,8,10,12-16H2,1-2H3,(H,21,22);1H. The van der Waals surface area contributed by atoms with Gasteiger partial charge < -0.3 is 19.7 Å². The fraction of sp³-hybridized carbons (Fsp3) is 0.600. The summed E-state index contributed by atoms with van der Waals surface area (Å²) in [5.74, 6) is 1.91. The predicted octanol–water partition coefficient (Wildman–Crippen LogP) is 2.45. The van der Waals surface area contributed by atoms with Gasteiger partial charge in [0.15, 0.2) is 5.96 Å². The van der Waals surface area contributed by atoms with Gasteiger partial charge in [-0.15, -0.1) is 24.0 Å². The molecule has 2 aromatic rings. The van der Waals surface area contributed by atoms with E-state index in [2.05, 4.69) is 38.3 Å². The van der Waals surface area contributed by atoms with Crippen molar-refractivity contribution < 1.29 is 0 Å². The minimum atomic E-state index is 0. The van der Waals surface area contributed by atoms with Crippen LogP contribution in [-0.4, -0.2) is 64.1 Å². The van der Waals surface area contributed by atoms with Gasteiger partial charge in [0.25, 0.3) is 0 Å². The average Bonchev–Trinajstić information content (AvgIpc) is 3.23. The summed E-state index contributed by atoms with van der Waals surface area (Å²) in [5, 5.41) is 4.44. The maximum absolute atomic E-state index is 11.7. The quantitative estimate of drug-likeness (QED) is 0.238. The third kappa shape index (κ3) is 6.93. The highest BCUT2D eigenvalue weighted by molar-refractivity contribution is 14.0. The molecule has 3 rings (SSSR count). The fourth-order valence-electron chi connectivity index (χ4n) is 3.28. The maximum atomic E-state index is 11.7. The van der Waals surface area contributed by atoms with Crippen LogP contribution in [0.5, 0.6) is 0 Å². The average molecular weight is 545 g/mol. The minimum Gasteiger partial charge on any atom is -0.357 e. The van der Waals surface area contributed by atoms with E-state index in [4.69, 9.17) is 4.99 Å². The summed E-state index contributed by atoms with van der Waals surface area (Å²) < 4.78 is 6.15. The van der Waals surface area contributed by atoms with Gasteiger partial charge in [-0.1, -0.05) is 13.0 Å². The first-order chi connectivity index (χ1) is 14.2. The molecule has 1 aliphatic heterocycles. The molecule has 0 radical (unpaired) electrons. The lowest BCUT2D eigenvalue weighted by atomic mass is 10.3. The summed E-state index contributed by atoms with van der Waals surface area (Å²) in [6.45, 7) is 10.3. The third-order valence-corrected chi connectivity index (χ3v) is 5.74. The zero-order valence-corrected chi connectivity index (χ0v) is 20.9. The molecule has 0 unspecified atom stereocenters. The third-order valence-electron chi connectivity index (χ3n) is 4.93. The van der Waals surface area contributed by atoms with Crippen LogP contribution >= 0.6 is 35.5 Å². The van der Waals surface area contributed by atoms with Crippen molar-refractivity contribution in [3.63, 3.8) is 0 Å². The van der Waals surface area contributed by atoms with E-state index < -0.39 is 0 Å². The number of halogens is 1. The van der Waals surface area contributed by atoms with Crippen LogP contribution in [0.3, 0.4) is 0 Å². The molecule has 1 saturated heterocycles. The Morgan fingerprint density at radius 3 is 2.67 bits per heavy atom. The second-order valence-electron chi connectivity index (χ2n) is 7.00. The van der Waals surface area contributed by atoms with Crippen LogP contribution in [0, 0.1) is 0 Å². The molecule has 0 aromatic carbocycles. The lowest BCUT2D eigenvalue weighted by Gasteiger charge is -2.36. The van der Waals surface area contributed by atoms with E-state index in [0.29, 0.717) is 0 Å². The first-order valence-corrected chi connectivity index (χ1v) is 11.2. The van der Waals surface area contributed by atoms with Gasteiger partial charge in [-0.2, -0.15) is 4.37 Å². The molecule has 2 aromatic heterocycles. The van der Waals surface area contributed by atoms with Gasteiger partial charge in [0.1, 0.15) is 5.82 Å². The molecular formula is C20H32IN7OS. The number of pyridine rings is 1. The molecular weight excluding hydrogens is 513 g/mol. The summed E-state index contributed by atoms with van der Waals surface area (Å²) >= 11 is 1.50. The molecule has 0 bridgehead atoms. The van der Waals surface area contributed by atoms with E-state index in [-0.39, 0.29) is 29.5 Å². The Bertz CT molecular complexity index is 845. The summed E-state index contributed by atoms with van der Waals surface area (Å²) in [6, 6.07) is 5.28. The highest BCUT2D eigenvalue weighted by Crippen LogP contribution is 2.19. The molecule has 1 N–H and O–H groups in total. The van der Waals surface area contributed by atoms with Gasteiger partial charge in [0.2, 0.25) is 10.7 Å². The van der Waals surface area contributed by atoms with Crippen LogP contribution in [0.2, 0.25) is 0 Å². The van der Waals surface area contributed by atoms with Crippen molar-refractivity contribution >= 4 is 46.6 Å². The van der Waals surface area contributed by atoms with E-state index in [9.17, 15) is 4.79 Å². The van der Waals surface area contributed by atoms with Gasteiger partial charge in [0, 0.05) is 76.0 Å². The van der Waals surface area contributed by atoms with Crippen molar-refractivity contribution in [2.75, 3.05) is 44.2 Å². The Balaban J connectivity index is 0.00000320. The van der Waals surface area contributed by atoms with Crippen LogP contribution in [0.4, 0.5) is 5.13 Å². The molecule has 1 aliphatic rings. The normalized spacial score (nSPS) is 14.5. The summed E-state index contributed by atoms with van der Waals surface area (Å²) in [5.41, 5.74) is 0.0590. The summed E-state index contributed by atoms with van der Waals surface area (Å²) in [7, 11) is 0. The van der Waals surface area contributed by atoms with E-state index >= 15 is 0 Å². The molecule has 10 heteroatoms. The number of hydrogen-bond donors (Lipinski definition) is 1. The number of rotatable bonds is 8. The highest BCUT2D eigenvalue weighted by atomic mass is 127. The number of guanidine groups is 1. The zero-order valence-electron chi connectivity index (χ0n) is 17.8. The SMILES string of the molecule is CCNC(=NCCCCn1ccccc1=O)N1CCN(c2nc(CC)ns2)CC1.I. The Morgan fingerprint density at radius 2 is 2.00 bits per heavy atom. The summed E-state index contributed by atoms with van der Waals surface area (Å²) in [4.78, 5) is 25.8. The van der Waals surface area contributed by atoms with Crippen LogP contribution < -0.4 is 15.8 Å². The van der Waals surface area contributed by atoms with Crippen molar-refractivity contribution in [2.45, 2.75) is 39.7 Å². The smallest absolute Gasteiger partial charge is 0.250 e. The van der Waals surface area contributed by atoms with E-state index in [1.165, 1.54) is 11.5 Å². The molecule has 166 valence electrons. The number of anilines is 1. The number of unbranched alkanes of at least 4 members (excludes halogenated alkanes) is 1. The number of aliphatic imine (C=N–C) groups is 1. The first-order valence-electron chi connectivity index (χ1n) is 10.5. The topological polar surface area (TPSA) is 78.7 Å². The van der Waals surface area contributed by atoms with Crippen LogP contribution in [-0.2, 0) is 13.0 Å². The second-order valence-corrected chi connectivity index (χ2v) is 7.73. The van der Waals surface area contributed by atoms with E-state index in [0.717, 1.165) is 82.0 Å². The zero-order chi connectivity index (χ0) is 20.5. The Kier molecular flexibility index (Phi) is 10.6. The number of nitrogens with one attached hydrogen (secondary N) is 1. The molecule has 0 aliphatic carbocycles. The van der Waals surface area contributed by atoms with E-state index in [1.807, 2.05) is 12.3 Å². The van der Waals surface area contributed by atoms with Gasteiger partial charge in [0.05, 0.1) is 0 Å². The van der Waals surface area contributed by atoms with Crippen molar-refractivity contribution in [2.24, 2.45) is 4.99 Å². The molecule has 30 heavy (non-hydrogen) atoms. The van der Waals surface area contributed by atoms with Crippen molar-refractivity contribution in [3.05, 3.63) is 40.6 Å². The van der Waals surface area contributed by atoms with Crippen LogP contribution in [0.15, 0.2) is 34.2 Å². The summed E-state index contributed by atoms with van der Waals surface area (Å²) in [6.07, 6.45) is 4.63. The van der Waals surface area contributed by atoms with E-state index in [1.54, 1.807) is 16.7 Å². The molecule has 8 nitrogen and oxygen atoms in total. The predicted molar refractivity (Wildman–Crippen MR) is 134 cm³/mol. The molecule has 0 amide bonds. The first kappa shape index (κ1) is 24.6. The van der Waals surface area contributed by atoms with Crippen LogP contribution in [0.25, 0.3) is 0 Å². The Labute approximate surface area is 199 Å².